The van der Waals surface area contributed by atoms with E-state index in [9.17, 15) is 14.7 Å². The molecule has 22 heavy (non-hydrogen) atoms. The third kappa shape index (κ3) is 5.59. The van der Waals surface area contributed by atoms with Gasteiger partial charge >= 0.3 is 0 Å². The highest BCUT2D eigenvalue weighted by atomic mass is 16.3. The van der Waals surface area contributed by atoms with Gasteiger partial charge in [-0.05, 0) is 45.4 Å². The van der Waals surface area contributed by atoms with Crippen molar-refractivity contribution >= 4 is 11.8 Å². The zero-order valence-corrected chi connectivity index (χ0v) is 13.6. The quantitative estimate of drug-likeness (QED) is 0.725. The first-order chi connectivity index (χ1) is 10.5. The van der Waals surface area contributed by atoms with E-state index in [2.05, 4.69) is 10.6 Å². The Morgan fingerprint density at radius 1 is 1.05 bits per heavy atom. The van der Waals surface area contributed by atoms with Crippen LogP contribution in [-0.4, -0.2) is 35.1 Å². The van der Waals surface area contributed by atoms with Gasteiger partial charge in [0.05, 0.1) is 6.10 Å². The summed E-state index contributed by atoms with van der Waals surface area (Å²) in [6, 6.07) is 0.0563. The molecular weight excluding hydrogens is 280 g/mol. The maximum atomic E-state index is 12.1. The lowest BCUT2D eigenvalue weighted by atomic mass is 9.88. The van der Waals surface area contributed by atoms with Crippen LogP contribution in [0.25, 0.3) is 0 Å². The molecule has 5 heteroatoms. The second-order valence-corrected chi connectivity index (χ2v) is 7.02. The molecule has 2 amide bonds. The van der Waals surface area contributed by atoms with Crippen molar-refractivity contribution in [2.24, 2.45) is 5.92 Å². The van der Waals surface area contributed by atoms with Crippen molar-refractivity contribution in [3.8, 4) is 0 Å². The number of carbonyl (C=O) groups is 2. The smallest absolute Gasteiger partial charge is 0.223 e. The minimum Gasteiger partial charge on any atom is -0.393 e. The summed E-state index contributed by atoms with van der Waals surface area (Å²) in [4.78, 5) is 24.2. The van der Waals surface area contributed by atoms with E-state index >= 15 is 0 Å². The summed E-state index contributed by atoms with van der Waals surface area (Å²) < 4.78 is 0. The monoisotopic (exact) mass is 310 g/mol. The van der Waals surface area contributed by atoms with Gasteiger partial charge in [0.2, 0.25) is 11.8 Å². The van der Waals surface area contributed by atoms with Crippen molar-refractivity contribution in [1.82, 2.24) is 10.6 Å². The van der Waals surface area contributed by atoms with Gasteiger partial charge in [-0.15, -0.1) is 0 Å². The highest BCUT2D eigenvalue weighted by Crippen LogP contribution is 2.23. The van der Waals surface area contributed by atoms with Gasteiger partial charge in [0.15, 0.2) is 0 Å². The molecule has 3 N–H and O–H groups in total. The number of aliphatic hydroxyl groups is 1. The molecule has 0 aromatic carbocycles. The van der Waals surface area contributed by atoms with Gasteiger partial charge in [-0.1, -0.05) is 19.3 Å². The predicted molar refractivity (Wildman–Crippen MR) is 85.2 cm³/mol. The van der Waals surface area contributed by atoms with Crippen LogP contribution in [0.1, 0.15) is 71.1 Å². The van der Waals surface area contributed by atoms with Crippen LogP contribution in [0.2, 0.25) is 0 Å². The van der Waals surface area contributed by atoms with Gasteiger partial charge in [-0.2, -0.15) is 0 Å². The zero-order chi connectivity index (χ0) is 15.9. The van der Waals surface area contributed by atoms with Crippen molar-refractivity contribution in [2.75, 3.05) is 0 Å². The summed E-state index contributed by atoms with van der Waals surface area (Å²) in [6.45, 7) is 1.89. The second kappa shape index (κ2) is 8.51. The maximum Gasteiger partial charge on any atom is 0.223 e. The standard InChI is InChI=1S/C17H30N2O3/c1-12(18-17(22)13-5-3-2-4-6-13)11-16(21)19-14-7-9-15(20)10-8-14/h12-15,20H,2-11H2,1H3,(H,18,22)(H,19,21). The van der Waals surface area contributed by atoms with Crippen molar-refractivity contribution < 1.29 is 14.7 Å². The fourth-order valence-corrected chi connectivity index (χ4v) is 3.56. The number of carbonyl (C=O) groups excluding carboxylic acids is 2. The largest absolute Gasteiger partial charge is 0.393 e. The van der Waals surface area contributed by atoms with Crippen LogP contribution in [0.15, 0.2) is 0 Å². The van der Waals surface area contributed by atoms with Crippen LogP contribution in [0, 0.1) is 5.92 Å². The molecule has 126 valence electrons. The molecule has 1 atom stereocenters. The first-order valence-electron chi connectivity index (χ1n) is 8.82. The van der Waals surface area contributed by atoms with Crippen molar-refractivity contribution in [3.63, 3.8) is 0 Å². The molecule has 2 rings (SSSR count). The molecule has 2 aliphatic rings. The topological polar surface area (TPSA) is 78.4 Å². The predicted octanol–water partition coefficient (Wildman–Crippen LogP) is 1.88. The minimum absolute atomic E-state index is 0.00201. The Morgan fingerprint density at radius 3 is 2.32 bits per heavy atom. The fourth-order valence-electron chi connectivity index (χ4n) is 3.56. The highest BCUT2D eigenvalue weighted by molar-refractivity contribution is 5.81. The highest BCUT2D eigenvalue weighted by Gasteiger charge is 2.24. The Bertz CT molecular complexity index is 372. The van der Waals surface area contributed by atoms with Crippen LogP contribution in [0.3, 0.4) is 0 Å². The minimum atomic E-state index is -0.207. The van der Waals surface area contributed by atoms with Gasteiger partial charge < -0.3 is 15.7 Å². The Balaban J connectivity index is 1.66. The van der Waals surface area contributed by atoms with E-state index in [0.29, 0.717) is 6.42 Å². The van der Waals surface area contributed by atoms with Crippen molar-refractivity contribution in [3.05, 3.63) is 0 Å². The van der Waals surface area contributed by atoms with E-state index in [1.807, 2.05) is 6.92 Å². The molecular formula is C17H30N2O3. The van der Waals surface area contributed by atoms with Crippen LogP contribution in [-0.2, 0) is 9.59 Å². The summed E-state index contributed by atoms with van der Waals surface area (Å²) in [7, 11) is 0. The number of aliphatic hydroxyl groups excluding tert-OH is 1. The van der Waals surface area contributed by atoms with E-state index in [4.69, 9.17) is 0 Å². The lowest BCUT2D eigenvalue weighted by molar-refractivity contribution is -0.127. The molecule has 0 saturated heterocycles. The van der Waals surface area contributed by atoms with Gasteiger partial charge in [0, 0.05) is 24.4 Å². The number of amides is 2. The molecule has 1 unspecified atom stereocenters. The molecule has 0 bridgehead atoms. The summed E-state index contributed by atoms with van der Waals surface area (Å²) in [5.41, 5.74) is 0. The Kier molecular flexibility index (Phi) is 6.68. The van der Waals surface area contributed by atoms with E-state index in [1.54, 1.807) is 0 Å². The summed E-state index contributed by atoms with van der Waals surface area (Å²) in [6.07, 6.45) is 8.81. The van der Waals surface area contributed by atoms with E-state index < -0.39 is 0 Å². The first kappa shape index (κ1) is 17.3. The first-order valence-corrected chi connectivity index (χ1v) is 8.82. The van der Waals surface area contributed by atoms with Crippen molar-refractivity contribution in [2.45, 2.75) is 89.3 Å². The number of hydrogen-bond donors (Lipinski definition) is 3. The third-order valence-corrected chi connectivity index (χ3v) is 4.92. The van der Waals surface area contributed by atoms with Gasteiger partial charge in [-0.3, -0.25) is 9.59 Å². The normalized spacial score (nSPS) is 27.9. The van der Waals surface area contributed by atoms with E-state index in [0.717, 1.165) is 51.4 Å². The lowest BCUT2D eigenvalue weighted by Crippen LogP contribution is -2.43. The van der Waals surface area contributed by atoms with Gasteiger partial charge in [-0.25, -0.2) is 0 Å². The summed E-state index contributed by atoms with van der Waals surface area (Å²) in [5, 5.41) is 15.5. The van der Waals surface area contributed by atoms with E-state index in [1.165, 1.54) is 6.42 Å². The molecule has 5 nitrogen and oxygen atoms in total. The fraction of sp³-hybridized carbons (Fsp3) is 0.882. The van der Waals surface area contributed by atoms with Crippen LogP contribution in [0.4, 0.5) is 0 Å². The SMILES string of the molecule is CC(CC(=O)NC1CCC(O)CC1)NC(=O)C1CCCCC1. The third-order valence-electron chi connectivity index (χ3n) is 4.92. The molecule has 2 saturated carbocycles. The molecule has 2 fully saturated rings. The lowest BCUT2D eigenvalue weighted by Gasteiger charge is -2.27. The van der Waals surface area contributed by atoms with Crippen molar-refractivity contribution in [1.29, 1.82) is 0 Å². The summed E-state index contributed by atoms with van der Waals surface area (Å²) in [5.74, 6) is 0.248. The molecule has 2 aliphatic carbocycles. The van der Waals surface area contributed by atoms with Gasteiger partial charge in [0.1, 0.15) is 0 Å². The van der Waals surface area contributed by atoms with E-state index in [-0.39, 0.29) is 35.9 Å². The van der Waals surface area contributed by atoms with Gasteiger partial charge in [0.25, 0.3) is 0 Å². The maximum absolute atomic E-state index is 12.1. The Labute approximate surface area is 133 Å². The molecule has 0 aromatic rings. The number of rotatable bonds is 5. The second-order valence-electron chi connectivity index (χ2n) is 7.02. The average Bonchev–Trinajstić information content (AvgIpc) is 2.50. The van der Waals surface area contributed by atoms with Crippen LogP contribution < -0.4 is 10.6 Å². The molecule has 0 heterocycles. The molecule has 0 aliphatic heterocycles. The van der Waals surface area contributed by atoms with Crippen LogP contribution in [0.5, 0.6) is 0 Å². The molecule has 0 radical (unpaired) electrons. The van der Waals surface area contributed by atoms with Crippen LogP contribution >= 0.6 is 0 Å². The molecule has 0 spiro atoms. The average molecular weight is 310 g/mol. The Hall–Kier alpha value is -1.10. The Morgan fingerprint density at radius 2 is 1.68 bits per heavy atom. The number of nitrogens with one attached hydrogen (secondary N) is 2. The zero-order valence-electron chi connectivity index (χ0n) is 13.6. The summed E-state index contributed by atoms with van der Waals surface area (Å²) >= 11 is 0. The molecule has 0 aromatic heterocycles. The number of hydrogen-bond acceptors (Lipinski definition) is 3.